The highest BCUT2D eigenvalue weighted by molar-refractivity contribution is 5.68. The molecule has 5 heteroatoms. The Balaban J connectivity index is 1.30. The van der Waals surface area contributed by atoms with Crippen LogP contribution in [-0.2, 0) is 32.6 Å². The molecule has 0 amide bonds. The molecule has 0 bridgehead atoms. The number of pyridine rings is 1. The standard InChI is InChI=1S/C35H37FN2O2/c1-25-28(12-8-13-30(25)27-10-4-2-5-11-27)24-40-34-19-35(39-23-26-18-29(36)21-37-20-26)33(31-14-9-15-32(31)34)22-38-16-6-3-7-17-38/h2,4-5,8,10-13,18-21H,3,6-7,9,14-17,22-24H2,1H3. The van der Waals surface area contributed by atoms with Gasteiger partial charge in [-0.15, -0.1) is 0 Å². The summed E-state index contributed by atoms with van der Waals surface area (Å²) < 4.78 is 26.8. The van der Waals surface area contributed by atoms with Gasteiger partial charge >= 0.3 is 0 Å². The predicted octanol–water partition coefficient (Wildman–Crippen LogP) is 7.83. The number of benzene rings is 3. The molecule has 40 heavy (non-hydrogen) atoms. The lowest BCUT2D eigenvalue weighted by atomic mass is 9.96. The summed E-state index contributed by atoms with van der Waals surface area (Å²) in [5.74, 6) is 1.41. The summed E-state index contributed by atoms with van der Waals surface area (Å²) in [6.45, 7) is 6.08. The van der Waals surface area contributed by atoms with Crippen LogP contribution < -0.4 is 9.47 Å². The highest BCUT2D eigenvalue weighted by atomic mass is 19.1. The Morgan fingerprint density at radius 3 is 2.42 bits per heavy atom. The van der Waals surface area contributed by atoms with Crippen molar-refractivity contribution in [3.05, 3.63) is 112 Å². The number of halogens is 1. The second-order valence-electron chi connectivity index (χ2n) is 11.0. The summed E-state index contributed by atoms with van der Waals surface area (Å²) in [5, 5.41) is 0. The summed E-state index contributed by atoms with van der Waals surface area (Å²) in [4.78, 5) is 6.55. The van der Waals surface area contributed by atoms with E-state index in [1.165, 1.54) is 70.5 Å². The van der Waals surface area contributed by atoms with Gasteiger partial charge in [-0.1, -0.05) is 55.0 Å². The van der Waals surface area contributed by atoms with E-state index in [2.05, 4.69) is 65.3 Å². The zero-order valence-corrected chi connectivity index (χ0v) is 23.3. The van der Waals surface area contributed by atoms with Crippen molar-refractivity contribution in [2.24, 2.45) is 0 Å². The number of piperidine rings is 1. The predicted molar refractivity (Wildman–Crippen MR) is 157 cm³/mol. The average molecular weight is 537 g/mol. The van der Waals surface area contributed by atoms with Crippen molar-refractivity contribution < 1.29 is 13.9 Å². The fraction of sp³-hybridized carbons (Fsp3) is 0.343. The van der Waals surface area contributed by atoms with E-state index in [0.29, 0.717) is 6.61 Å². The number of ether oxygens (including phenoxy) is 2. The zero-order valence-electron chi connectivity index (χ0n) is 23.3. The summed E-state index contributed by atoms with van der Waals surface area (Å²) in [6, 6.07) is 20.5. The van der Waals surface area contributed by atoms with E-state index in [-0.39, 0.29) is 12.4 Å². The maximum absolute atomic E-state index is 13.8. The molecule has 0 spiro atoms. The quantitative estimate of drug-likeness (QED) is 0.218. The highest BCUT2D eigenvalue weighted by Gasteiger charge is 2.26. The molecule has 4 nitrogen and oxygen atoms in total. The van der Waals surface area contributed by atoms with Crippen molar-refractivity contribution in [3.63, 3.8) is 0 Å². The Morgan fingerprint density at radius 2 is 1.60 bits per heavy atom. The van der Waals surface area contributed by atoms with E-state index in [0.717, 1.165) is 56.0 Å². The van der Waals surface area contributed by atoms with E-state index in [9.17, 15) is 4.39 Å². The van der Waals surface area contributed by atoms with Crippen molar-refractivity contribution in [2.45, 2.75) is 65.2 Å². The SMILES string of the molecule is Cc1c(COc2cc(OCc3cncc(F)c3)c(CN3CCCCC3)c3c2CCC3)cccc1-c1ccccc1. The van der Waals surface area contributed by atoms with Crippen LogP contribution in [0.15, 0.2) is 73.1 Å². The maximum atomic E-state index is 13.8. The van der Waals surface area contributed by atoms with Crippen LogP contribution in [0.3, 0.4) is 0 Å². The van der Waals surface area contributed by atoms with Crippen LogP contribution in [0.4, 0.5) is 4.39 Å². The van der Waals surface area contributed by atoms with Gasteiger partial charge < -0.3 is 9.47 Å². The molecule has 0 unspecified atom stereocenters. The van der Waals surface area contributed by atoms with E-state index < -0.39 is 0 Å². The molecule has 1 fully saturated rings. The maximum Gasteiger partial charge on any atom is 0.141 e. The van der Waals surface area contributed by atoms with E-state index in [4.69, 9.17) is 9.47 Å². The third-order valence-corrected chi connectivity index (χ3v) is 8.34. The molecule has 1 aromatic heterocycles. The first-order valence-corrected chi connectivity index (χ1v) is 14.5. The van der Waals surface area contributed by atoms with Crippen molar-refractivity contribution in [2.75, 3.05) is 13.1 Å². The summed E-state index contributed by atoms with van der Waals surface area (Å²) >= 11 is 0. The highest BCUT2D eigenvalue weighted by Crippen LogP contribution is 2.41. The minimum Gasteiger partial charge on any atom is -0.488 e. The number of nitrogens with zero attached hydrogens (tertiary/aromatic N) is 2. The first-order valence-electron chi connectivity index (χ1n) is 14.5. The van der Waals surface area contributed by atoms with Gasteiger partial charge in [-0.25, -0.2) is 4.39 Å². The number of hydrogen-bond acceptors (Lipinski definition) is 4. The summed E-state index contributed by atoms with van der Waals surface area (Å²) in [7, 11) is 0. The molecule has 1 aliphatic carbocycles. The number of likely N-dealkylation sites (tertiary alicyclic amines) is 1. The first kappa shape index (κ1) is 26.5. The number of hydrogen-bond donors (Lipinski definition) is 0. The molecule has 4 aromatic rings. The molecule has 0 N–H and O–H groups in total. The molecule has 6 rings (SSSR count). The van der Waals surface area contributed by atoms with Gasteiger partial charge in [-0.05, 0) is 91.6 Å². The summed E-state index contributed by atoms with van der Waals surface area (Å²) in [5.41, 5.74) is 9.56. The topological polar surface area (TPSA) is 34.6 Å². The zero-order chi connectivity index (χ0) is 27.3. The van der Waals surface area contributed by atoms with Gasteiger partial charge in [0.05, 0.1) is 6.20 Å². The van der Waals surface area contributed by atoms with Crippen LogP contribution in [0.5, 0.6) is 11.5 Å². The van der Waals surface area contributed by atoms with Gasteiger partial charge in [0, 0.05) is 29.9 Å². The van der Waals surface area contributed by atoms with E-state index >= 15 is 0 Å². The normalized spacial score (nSPS) is 15.2. The molecule has 1 aliphatic heterocycles. The fourth-order valence-corrected chi connectivity index (χ4v) is 6.18. The largest absolute Gasteiger partial charge is 0.488 e. The van der Waals surface area contributed by atoms with Crippen LogP contribution >= 0.6 is 0 Å². The second kappa shape index (κ2) is 12.2. The minimum atomic E-state index is -0.347. The molecule has 0 atom stereocenters. The van der Waals surface area contributed by atoms with Crippen molar-refractivity contribution in [3.8, 4) is 22.6 Å². The van der Waals surface area contributed by atoms with Crippen LogP contribution in [0, 0.1) is 12.7 Å². The van der Waals surface area contributed by atoms with Crippen LogP contribution in [0.25, 0.3) is 11.1 Å². The minimum absolute atomic E-state index is 0.272. The number of aromatic nitrogens is 1. The first-order chi connectivity index (χ1) is 19.7. The third kappa shape index (κ3) is 5.90. The van der Waals surface area contributed by atoms with Gasteiger partial charge in [0.2, 0.25) is 0 Å². The lowest BCUT2D eigenvalue weighted by molar-refractivity contribution is 0.214. The third-order valence-electron chi connectivity index (χ3n) is 8.34. The van der Waals surface area contributed by atoms with Crippen molar-refractivity contribution in [1.82, 2.24) is 9.88 Å². The molecule has 2 aliphatic rings. The molecular formula is C35H37FN2O2. The molecule has 3 aromatic carbocycles. The number of fused-ring (bicyclic) bond motifs is 1. The second-order valence-corrected chi connectivity index (χ2v) is 11.0. The van der Waals surface area contributed by atoms with Crippen LogP contribution in [0.2, 0.25) is 0 Å². The van der Waals surface area contributed by atoms with E-state index in [1.54, 1.807) is 6.20 Å². The molecule has 1 saturated heterocycles. The van der Waals surface area contributed by atoms with E-state index in [1.807, 2.05) is 6.07 Å². The van der Waals surface area contributed by atoms with Gasteiger partial charge in [-0.2, -0.15) is 0 Å². The summed E-state index contributed by atoms with van der Waals surface area (Å²) in [6.07, 6.45) is 9.87. The van der Waals surface area contributed by atoms with Crippen molar-refractivity contribution in [1.29, 1.82) is 0 Å². The van der Waals surface area contributed by atoms with Gasteiger partial charge in [0.1, 0.15) is 30.5 Å². The lowest BCUT2D eigenvalue weighted by Crippen LogP contribution is -2.29. The Bertz CT molecular complexity index is 1460. The average Bonchev–Trinajstić information content (AvgIpc) is 3.48. The van der Waals surface area contributed by atoms with Crippen molar-refractivity contribution >= 4 is 0 Å². The van der Waals surface area contributed by atoms with Gasteiger partial charge in [0.15, 0.2) is 0 Å². The fourth-order valence-electron chi connectivity index (χ4n) is 6.18. The monoisotopic (exact) mass is 536 g/mol. The Morgan fingerprint density at radius 1 is 0.800 bits per heavy atom. The number of rotatable bonds is 9. The molecular weight excluding hydrogens is 499 g/mol. The molecule has 0 radical (unpaired) electrons. The Kier molecular flexibility index (Phi) is 8.10. The van der Waals surface area contributed by atoms with Gasteiger partial charge in [0.25, 0.3) is 0 Å². The molecule has 0 saturated carbocycles. The Labute approximate surface area is 236 Å². The lowest BCUT2D eigenvalue weighted by Gasteiger charge is -2.29. The van der Waals surface area contributed by atoms with Gasteiger partial charge in [-0.3, -0.25) is 9.88 Å². The molecule has 2 heterocycles. The Hall–Kier alpha value is -3.70. The van der Waals surface area contributed by atoms with Crippen LogP contribution in [-0.4, -0.2) is 23.0 Å². The van der Waals surface area contributed by atoms with Crippen LogP contribution in [0.1, 0.15) is 59.1 Å². The molecule has 206 valence electrons. The smallest absolute Gasteiger partial charge is 0.141 e.